The highest BCUT2D eigenvalue weighted by Gasteiger charge is 2.61. The van der Waals surface area contributed by atoms with E-state index < -0.39 is 5.91 Å². The van der Waals surface area contributed by atoms with Crippen LogP contribution in [0.4, 0.5) is 4.79 Å². The van der Waals surface area contributed by atoms with Crippen LogP contribution in [0.25, 0.3) is 0 Å². The third kappa shape index (κ3) is 2.89. The molecule has 1 aromatic rings. The standard InChI is InChI=1S/C20H27N3O4/c1-19(2)13-6-7-20(19,3)16(11-13)21-18(25)23-22-17(24)12-4-5-14-15(10-12)27-9-8-26-14/h4-5,10,13,16H,6-9,11H2,1-3H3,(H,22,24)(H2,21,23,25). The van der Waals surface area contributed by atoms with Gasteiger partial charge in [-0.05, 0) is 54.2 Å². The first-order chi connectivity index (χ1) is 12.8. The van der Waals surface area contributed by atoms with E-state index in [2.05, 4.69) is 36.9 Å². The minimum atomic E-state index is -0.401. The van der Waals surface area contributed by atoms with E-state index in [1.165, 1.54) is 6.42 Å². The van der Waals surface area contributed by atoms with Crippen LogP contribution in [0.2, 0.25) is 0 Å². The third-order valence-electron chi connectivity index (χ3n) is 7.19. The van der Waals surface area contributed by atoms with Crippen molar-refractivity contribution in [2.24, 2.45) is 16.7 Å². The lowest BCUT2D eigenvalue weighted by Gasteiger charge is -2.39. The lowest BCUT2D eigenvalue weighted by molar-refractivity contribution is 0.0930. The highest BCUT2D eigenvalue weighted by Crippen LogP contribution is 2.65. The molecule has 27 heavy (non-hydrogen) atoms. The van der Waals surface area contributed by atoms with Crippen LogP contribution in [0, 0.1) is 16.7 Å². The van der Waals surface area contributed by atoms with Gasteiger partial charge in [0.25, 0.3) is 5.91 Å². The number of benzene rings is 1. The van der Waals surface area contributed by atoms with E-state index >= 15 is 0 Å². The molecule has 1 heterocycles. The molecule has 7 heteroatoms. The summed E-state index contributed by atoms with van der Waals surface area (Å²) < 4.78 is 10.9. The summed E-state index contributed by atoms with van der Waals surface area (Å²) in [7, 11) is 0. The van der Waals surface area contributed by atoms with Crippen molar-refractivity contribution in [2.45, 2.75) is 46.1 Å². The number of fused-ring (bicyclic) bond motifs is 3. The lowest BCUT2D eigenvalue weighted by Crippen LogP contribution is -2.54. The number of carbonyl (C=O) groups is 2. The number of urea groups is 1. The largest absolute Gasteiger partial charge is 0.486 e. The van der Waals surface area contributed by atoms with Gasteiger partial charge in [0.1, 0.15) is 13.2 Å². The van der Waals surface area contributed by atoms with Crippen molar-refractivity contribution in [1.29, 1.82) is 0 Å². The maximum Gasteiger partial charge on any atom is 0.333 e. The highest BCUT2D eigenvalue weighted by molar-refractivity contribution is 5.95. The van der Waals surface area contributed by atoms with Gasteiger partial charge in [-0.1, -0.05) is 20.8 Å². The molecular formula is C20H27N3O4. The van der Waals surface area contributed by atoms with Crippen LogP contribution in [0.15, 0.2) is 18.2 Å². The van der Waals surface area contributed by atoms with Crippen LogP contribution in [0.1, 0.15) is 50.4 Å². The maximum absolute atomic E-state index is 12.3. The first kappa shape index (κ1) is 17.9. The zero-order chi connectivity index (χ0) is 19.2. The second-order valence-electron chi connectivity index (χ2n) is 8.57. The molecule has 7 nitrogen and oxygen atoms in total. The van der Waals surface area contributed by atoms with E-state index in [4.69, 9.17) is 9.47 Å². The topological polar surface area (TPSA) is 88.7 Å². The molecule has 3 unspecified atom stereocenters. The number of carbonyl (C=O) groups excluding carboxylic acids is 2. The van der Waals surface area contributed by atoms with E-state index in [1.54, 1.807) is 18.2 Å². The van der Waals surface area contributed by atoms with Crippen molar-refractivity contribution in [3.8, 4) is 11.5 Å². The second kappa shape index (κ2) is 6.32. The Morgan fingerprint density at radius 2 is 1.81 bits per heavy atom. The van der Waals surface area contributed by atoms with E-state index in [0.29, 0.717) is 36.2 Å². The van der Waals surface area contributed by atoms with Crippen molar-refractivity contribution < 1.29 is 19.1 Å². The average Bonchev–Trinajstić information content (AvgIpc) is 2.99. The normalized spacial score (nSPS) is 29.9. The molecule has 4 rings (SSSR count). The second-order valence-corrected chi connectivity index (χ2v) is 8.57. The fourth-order valence-corrected chi connectivity index (χ4v) is 4.99. The molecule has 0 aromatic heterocycles. The summed E-state index contributed by atoms with van der Waals surface area (Å²) in [5.74, 6) is 1.40. The minimum Gasteiger partial charge on any atom is -0.486 e. The summed E-state index contributed by atoms with van der Waals surface area (Å²) >= 11 is 0. The average molecular weight is 373 g/mol. The van der Waals surface area contributed by atoms with Crippen molar-refractivity contribution in [2.75, 3.05) is 13.2 Å². The van der Waals surface area contributed by atoms with Gasteiger partial charge in [0.05, 0.1) is 0 Å². The molecule has 2 bridgehead atoms. The summed E-state index contributed by atoms with van der Waals surface area (Å²) in [6.07, 6.45) is 3.34. The molecule has 146 valence electrons. The Labute approximate surface area is 159 Å². The Balaban J connectivity index is 1.33. The predicted molar refractivity (Wildman–Crippen MR) is 99.6 cm³/mol. The van der Waals surface area contributed by atoms with Gasteiger partial charge in [-0.25, -0.2) is 10.2 Å². The van der Waals surface area contributed by atoms with Gasteiger partial charge >= 0.3 is 6.03 Å². The van der Waals surface area contributed by atoms with E-state index in [9.17, 15) is 9.59 Å². The molecule has 2 fully saturated rings. The zero-order valence-electron chi connectivity index (χ0n) is 16.1. The van der Waals surface area contributed by atoms with E-state index in [0.717, 1.165) is 12.8 Å². The number of rotatable bonds is 2. The number of nitrogens with one attached hydrogen (secondary N) is 3. The van der Waals surface area contributed by atoms with Crippen molar-refractivity contribution in [1.82, 2.24) is 16.2 Å². The van der Waals surface area contributed by atoms with Gasteiger partial charge in [-0.15, -0.1) is 0 Å². The van der Waals surface area contributed by atoms with Crippen LogP contribution >= 0.6 is 0 Å². The molecule has 0 radical (unpaired) electrons. The Morgan fingerprint density at radius 1 is 1.07 bits per heavy atom. The maximum atomic E-state index is 12.3. The third-order valence-corrected chi connectivity index (χ3v) is 7.19. The van der Waals surface area contributed by atoms with Crippen LogP contribution < -0.4 is 25.6 Å². The first-order valence-corrected chi connectivity index (χ1v) is 9.58. The van der Waals surface area contributed by atoms with Gasteiger partial charge < -0.3 is 14.8 Å². The van der Waals surface area contributed by atoms with Crippen LogP contribution in [0.5, 0.6) is 11.5 Å². The molecule has 3 amide bonds. The molecule has 3 aliphatic rings. The Bertz CT molecular complexity index is 778. The minimum absolute atomic E-state index is 0.0921. The van der Waals surface area contributed by atoms with E-state index in [1.807, 2.05) is 0 Å². The number of ether oxygens (including phenoxy) is 2. The van der Waals surface area contributed by atoms with Gasteiger partial charge in [-0.3, -0.25) is 10.2 Å². The van der Waals surface area contributed by atoms with Crippen LogP contribution in [-0.4, -0.2) is 31.2 Å². The Morgan fingerprint density at radius 3 is 2.48 bits per heavy atom. The summed E-state index contributed by atoms with van der Waals surface area (Å²) in [6, 6.07) is 4.69. The summed E-state index contributed by atoms with van der Waals surface area (Å²) in [6.45, 7) is 7.81. The molecular weight excluding hydrogens is 346 g/mol. The molecule has 1 aliphatic heterocycles. The Hall–Kier alpha value is -2.44. The lowest BCUT2D eigenvalue weighted by atomic mass is 9.69. The van der Waals surface area contributed by atoms with E-state index in [-0.39, 0.29) is 22.9 Å². The first-order valence-electron chi connectivity index (χ1n) is 9.58. The van der Waals surface area contributed by atoms with Crippen molar-refractivity contribution in [3.05, 3.63) is 23.8 Å². The molecule has 2 saturated carbocycles. The highest BCUT2D eigenvalue weighted by atomic mass is 16.6. The molecule has 0 saturated heterocycles. The molecule has 0 spiro atoms. The summed E-state index contributed by atoms with van der Waals surface area (Å²) in [4.78, 5) is 24.6. The quantitative estimate of drug-likeness (QED) is 0.696. The number of amides is 3. The van der Waals surface area contributed by atoms with Crippen molar-refractivity contribution in [3.63, 3.8) is 0 Å². The van der Waals surface area contributed by atoms with Gasteiger partial charge in [-0.2, -0.15) is 0 Å². The smallest absolute Gasteiger partial charge is 0.333 e. The van der Waals surface area contributed by atoms with Gasteiger partial charge in [0.15, 0.2) is 11.5 Å². The van der Waals surface area contributed by atoms with Crippen molar-refractivity contribution >= 4 is 11.9 Å². The van der Waals surface area contributed by atoms with Crippen LogP contribution in [-0.2, 0) is 0 Å². The van der Waals surface area contributed by atoms with Gasteiger partial charge in [0.2, 0.25) is 0 Å². The molecule has 3 N–H and O–H groups in total. The number of hydrogen-bond donors (Lipinski definition) is 3. The predicted octanol–water partition coefficient (Wildman–Crippen LogP) is 2.62. The fraction of sp³-hybridized carbons (Fsp3) is 0.600. The number of hydrazine groups is 1. The monoisotopic (exact) mass is 373 g/mol. The fourth-order valence-electron chi connectivity index (χ4n) is 4.99. The summed E-state index contributed by atoms with van der Waals surface area (Å²) in [5, 5.41) is 3.05. The summed E-state index contributed by atoms with van der Waals surface area (Å²) in [5.41, 5.74) is 5.64. The van der Waals surface area contributed by atoms with Crippen LogP contribution in [0.3, 0.4) is 0 Å². The van der Waals surface area contributed by atoms with Gasteiger partial charge in [0, 0.05) is 11.6 Å². The SMILES string of the molecule is CC1(C)C2CCC1(C)C(NC(=O)NNC(=O)c1ccc3c(c1)OCCO3)C2. The molecule has 1 aromatic carbocycles. The molecule has 2 aliphatic carbocycles. The Kier molecular flexibility index (Phi) is 4.20. The number of hydrogen-bond acceptors (Lipinski definition) is 4. The molecule has 3 atom stereocenters. The zero-order valence-corrected chi connectivity index (χ0v) is 16.1.